The van der Waals surface area contributed by atoms with Gasteiger partial charge in [-0.2, -0.15) is 0 Å². The molecule has 0 aliphatic heterocycles. The molecule has 64 heavy (non-hydrogen) atoms. The summed E-state index contributed by atoms with van der Waals surface area (Å²) in [6.45, 7) is 4.73. The molecule has 300 valence electrons. The van der Waals surface area contributed by atoms with Crippen molar-refractivity contribution in [2.75, 3.05) is 0 Å². The van der Waals surface area contributed by atoms with Crippen molar-refractivity contribution in [3.63, 3.8) is 0 Å². The van der Waals surface area contributed by atoms with Gasteiger partial charge in [0.25, 0.3) is 0 Å². The number of hydrogen-bond acceptors (Lipinski definition) is 3. The lowest BCUT2D eigenvalue weighted by Crippen LogP contribution is -2.14. The average Bonchev–Trinajstić information content (AvgIpc) is 3.85. The highest BCUT2D eigenvalue weighted by molar-refractivity contribution is 6.19. The molecule has 3 heteroatoms. The fourth-order valence-electron chi connectivity index (χ4n) is 10.5. The van der Waals surface area contributed by atoms with E-state index in [0.29, 0.717) is 5.82 Å². The van der Waals surface area contributed by atoms with E-state index in [9.17, 15) is 0 Å². The van der Waals surface area contributed by atoms with Gasteiger partial charge in [-0.3, -0.25) is 0 Å². The molecular weight excluding hydrogens is 777 g/mol. The maximum absolute atomic E-state index is 6.53. The summed E-state index contributed by atoms with van der Waals surface area (Å²) in [5, 5.41) is 9.44. The van der Waals surface area contributed by atoms with Gasteiger partial charge >= 0.3 is 0 Å². The van der Waals surface area contributed by atoms with E-state index < -0.39 is 0 Å². The Labute approximate surface area is 371 Å². The summed E-state index contributed by atoms with van der Waals surface area (Å²) < 4.78 is 6.53. The Morgan fingerprint density at radius 2 is 1.02 bits per heavy atom. The number of fused-ring (bicyclic) bond motifs is 10. The second-order valence-electron chi connectivity index (χ2n) is 17.7. The molecule has 10 aromatic carbocycles. The predicted octanol–water partition coefficient (Wildman–Crippen LogP) is 16.5. The molecule has 2 heterocycles. The number of rotatable bonds is 5. The van der Waals surface area contributed by atoms with Gasteiger partial charge in [-0.25, -0.2) is 9.97 Å². The fourth-order valence-corrected chi connectivity index (χ4v) is 10.5. The summed E-state index contributed by atoms with van der Waals surface area (Å²) in [7, 11) is 0. The lowest BCUT2D eigenvalue weighted by atomic mass is 9.81. The van der Waals surface area contributed by atoms with E-state index in [0.717, 1.165) is 71.9 Å². The van der Waals surface area contributed by atoms with E-state index in [-0.39, 0.29) is 5.41 Å². The molecule has 13 rings (SSSR count). The number of furan rings is 1. The zero-order valence-corrected chi connectivity index (χ0v) is 35.4. The summed E-state index contributed by atoms with van der Waals surface area (Å²) in [4.78, 5) is 10.5. The Morgan fingerprint density at radius 3 is 1.83 bits per heavy atom. The lowest BCUT2D eigenvalue weighted by molar-refractivity contribution is 0.661. The van der Waals surface area contributed by atoms with Crippen LogP contribution in [0.4, 0.5) is 0 Å². The van der Waals surface area contributed by atoms with Gasteiger partial charge in [0, 0.05) is 38.3 Å². The minimum atomic E-state index is -0.125. The highest BCUT2D eigenvalue weighted by Crippen LogP contribution is 2.54. The summed E-state index contributed by atoms with van der Waals surface area (Å²) in [5.41, 5.74) is 16.6. The molecule has 3 nitrogen and oxygen atoms in total. The first kappa shape index (κ1) is 36.5. The van der Waals surface area contributed by atoms with Crippen molar-refractivity contribution in [3.8, 4) is 67.3 Å². The molecule has 12 aromatic rings. The van der Waals surface area contributed by atoms with Crippen LogP contribution in [0.5, 0.6) is 0 Å². The van der Waals surface area contributed by atoms with Gasteiger partial charge in [-0.05, 0) is 102 Å². The molecule has 0 bridgehead atoms. The zero-order chi connectivity index (χ0) is 42.5. The van der Waals surface area contributed by atoms with E-state index in [1.54, 1.807) is 0 Å². The summed E-state index contributed by atoms with van der Waals surface area (Å²) in [6.07, 6.45) is 0. The Hall–Kier alpha value is -8.14. The van der Waals surface area contributed by atoms with Gasteiger partial charge in [-0.15, -0.1) is 0 Å². The standard InChI is InChI=1S/C61H40N2O/c1-61(2)52-24-12-23-49(57(52)51-34-41-17-6-7-18-42(41)35-53(51)61)47-32-33-48(46-21-11-10-20-45(46)47)55-36-54(62-60(63-55)40-15-4-3-5-16-40)39-28-26-38(27-29-39)43-22-13-25-56-58(43)50-31-30-37-14-8-9-19-44(37)59(50)64-56/h3-36H,1-2H3. The van der Waals surface area contributed by atoms with Crippen LogP contribution in [0.3, 0.4) is 0 Å². The molecule has 0 N–H and O–H groups in total. The number of nitrogens with zero attached hydrogens (tertiary/aromatic N) is 2. The molecule has 0 amide bonds. The molecule has 0 fully saturated rings. The highest BCUT2D eigenvalue weighted by Gasteiger charge is 2.37. The fraction of sp³-hybridized carbons (Fsp3) is 0.0492. The van der Waals surface area contributed by atoms with Gasteiger partial charge in [0.1, 0.15) is 11.2 Å². The van der Waals surface area contributed by atoms with E-state index in [1.807, 2.05) is 18.2 Å². The van der Waals surface area contributed by atoms with Gasteiger partial charge in [0.2, 0.25) is 0 Å². The molecule has 0 saturated heterocycles. The van der Waals surface area contributed by atoms with Crippen molar-refractivity contribution in [2.24, 2.45) is 0 Å². The van der Waals surface area contributed by atoms with Crippen LogP contribution in [-0.4, -0.2) is 9.97 Å². The van der Waals surface area contributed by atoms with Crippen LogP contribution in [0.15, 0.2) is 211 Å². The average molecular weight is 817 g/mol. The third-order valence-corrected chi connectivity index (χ3v) is 13.7. The molecule has 0 spiro atoms. The number of benzene rings is 10. The van der Waals surface area contributed by atoms with Crippen molar-refractivity contribution in [2.45, 2.75) is 19.3 Å². The molecular formula is C61H40N2O. The van der Waals surface area contributed by atoms with Crippen LogP contribution in [-0.2, 0) is 5.41 Å². The topological polar surface area (TPSA) is 38.9 Å². The summed E-state index contributed by atoms with van der Waals surface area (Å²) >= 11 is 0. The lowest BCUT2D eigenvalue weighted by Gasteiger charge is -2.22. The molecule has 0 radical (unpaired) electrons. The van der Waals surface area contributed by atoms with Gasteiger partial charge in [0.05, 0.1) is 11.4 Å². The first-order valence-electron chi connectivity index (χ1n) is 22.1. The minimum absolute atomic E-state index is 0.125. The third kappa shape index (κ3) is 5.54. The van der Waals surface area contributed by atoms with Crippen LogP contribution >= 0.6 is 0 Å². The molecule has 1 aliphatic carbocycles. The Morgan fingerprint density at radius 1 is 0.375 bits per heavy atom. The Kier molecular flexibility index (Phi) is 7.95. The third-order valence-electron chi connectivity index (χ3n) is 13.7. The molecule has 0 atom stereocenters. The first-order valence-corrected chi connectivity index (χ1v) is 22.1. The molecule has 0 unspecified atom stereocenters. The quantitative estimate of drug-likeness (QED) is 0.174. The van der Waals surface area contributed by atoms with Gasteiger partial charge < -0.3 is 4.42 Å². The number of aromatic nitrogens is 2. The molecule has 0 saturated carbocycles. The first-order chi connectivity index (χ1) is 31.5. The maximum atomic E-state index is 6.53. The van der Waals surface area contributed by atoms with Crippen molar-refractivity contribution in [1.29, 1.82) is 0 Å². The van der Waals surface area contributed by atoms with E-state index in [4.69, 9.17) is 14.4 Å². The van der Waals surface area contributed by atoms with Crippen LogP contribution in [0.25, 0.3) is 122 Å². The second-order valence-corrected chi connectivity index (χ2v) is 17.7. The second kappa shape index (κ2) is 13.9. The smallest absolute Gasteiger partial charge is 0.160 e. The van der Waals surface area contributed by atoms with E-state index >= 15 is 0 Å². The minimum Gasteiger partial charge on any atom is -0.455 e. The predicted molar refractivity (Wildman–Crippen MR) is 267 cm³/mol. The Bertz CT molecular complexity index is 3860. The van der Waals surface area contributed by atoms with Crippen molar-refractivity contribution in [3.05, 3.63) is 217 Å². The van der Waals surface area contributed by atoms with Crippen molar-refractivity contribution in [1.82, 2.24) is 9.97 Å². The van der Waals surface area contributed by atoms with Gasteiger partial charge in [0.15, 0.2) is 5.82 Å². The monoisotopic (exact) mass is 816 g/mol. The SMILES string of the molecule is CC1(C)c2cc3ccccc3cc2-c2c(-c3ccc(-c4cc(-c5ccc(-c6cccc7oc8c9ccccc9ccc8c67)cc5)nc(-c5ccccc5)n4)c4ccccc34)cccc21. The van der Waals surface area contributed by atoms with Gasteiger partial charge in [-0.1, -0.05) is 190 Å². The van der Waals surface area contributed by atoms with Crippen LogP contribution in [0.1, 0.15) is 25.0 Å². The van der Waals surface area contributed by atoms with E-state index in [1.165, 1.54) is 54.9 Å². The van der Waals surface area contributed by atoms with Crippen molar-refractivity contribution >= 4 is 54.3 Å². The number of hydrogen-bond donors (Lipinski definition) is 0. The summed E-state index contributed by atoms with van der Waals surface area (Å²) in [5.74, 6) is 0.694. The Balaban J connectivity index is 0.946. The maximum Gasteiger partial charge on any atom is 0.160 e. The van der Waals surface area contributed by atoms with Crippen LogP contribution in [0, 0.1) is 0 Å². The zero-order valence-electron chi connectivity index (χ0n) is 35.4. The largest absolute Gasteiger partial charge is 0.455 e. The van der Waals surface area contributed by atoms with Crippen LogP contribution in [0.2, 0.25) is 0 Å². The van der Waals surface area contributed by atoms with E-state index in [2.05, 4.69) is 202 Å². The van der Waals surface area contributed by atoms with Crippen molar-refractivity contribution < 1.29 is 4.42 Å². The summed E-state index contributed by atoms with van der Waals surface area (Å²) in [6, 6.07) is 74.2. The highest BCUT2D eigenvalue weighted by atomic mass is 16.3. The van der Waals surface area contributed by atoms with Crippen LogP contribution < -0.4 is 0 Å². The molecule has 2 aromatic heterocycles. The normalized spacial score (nSPS) is 13.0. The molecule has 1 aliphatic rings.